The molecule has 1 aromatic heterocycles. The Morgan fingerprint density at radius 3 is 2.67 bits per heavy atom. The molecule has 0 amide bonds. The minimum Gasteiger partial charge on any atom is -1.00 e. The second-order valence-electron chi connectivity index (χ2n) is 2.67. The van der Waals surface area contributed by atoms with Gasteiger partial charge in [0.1, 0.15) is 0 Å². The van der Waals surface area contributed by atoms with Crippen LogP contribution in [0.15, 0.2) is 24.4 Å². The first-order valence-corrected chi connectivity index (χ1v) is 3.64. The molecule has 0 spiro atoms. The Morgan fingerprint density at radius 1 is 1.50 bits per heavy atom. The Kier molecular flexibility index (Phi) is 4.52. The number of hydrogen-bond acceptors (Lipinski definition) is 1. The summed E-state index contributed by atoms with van der Waals surface area (Å²) in [5.74, 6) is 0.185. The number of rotatable bonds is 2. The van der Waals surface area contributed by atoms with Crippen LogP contribution in [0.4, 0.5) is 0 Å². The Labute approximate surface area is 78.6 Å². The molecule has 0 radical (unpaired) electrons. The number of ketones is 1. The molecule has 0 aliphatic heterocycles. The molecule has 0 bridgehead atoms. The molecular formula is C9H12ClNO. The molecule has 3 heteroatoms. The zero-order valence-corrected chi connectivity index (χ0v) is 8.01. The van der Waals surface area contributed by atoms with Gasteiger partial charge in [-0.15, -0.1) is 0 Å². The van der Waals surface area contributed by atoms with Gasteiger partial charge in [-0.3, -0.25) is 4.79 Å². The zero-order chi connectivity index (χ0) is 8.27. The quantitative estimate of drug-likeness (QED) is 0.483. The van der Waals surface area contributed by atoms with Crippen LogP contribution < -0.4 is 17.0 Å². The van der Waals surface area contributed by atoms with E-state index >= 15 is 0 Å². The standard InChI is InChI=1S/C9H12NO.ClH/c1-8-5-3-4-6-10(8)7-9(2)11;/h3-6H,7H2,1-2H3;1H/q+1;/p-1. The van der Waals surface area contributed by atoms with E-state index < -0.39 is 0 Å². The predicted octanol–water partition coefficient (Wildman–Crippen LogP) is -2.12. The van der Waals surface area contributed by atoms with Crippen molar-refractivity contribution in [3.63, 3.8) is 0 Å². The normalized spacial score (nSPS) is 8.83. The molecule has 0 atom stereocenters. The van der Waals surface area contributed by atoms with E-state index in [-0.39, 0.29) is 18.2 Å². The lowest BCUT2D eigenvalue weighted by Gasteiger charge is -1.94. The van der Waals surface area contributed by atoms with Crippen molar-refractivity contribution in [2.75, 3.05) is 0 Å². The van der Waals surface area contributed by atoms with Gasteiger partial charge >= 0.3 is 0 Å². The van der Waals surface area contributed by atoms with Gasteiger partial charge in [0.15, 0.2) is 17.7 Å². The summed E-state index contributed by atoms with van der Waals surface area (Å²) in [4.78, 5) is 10.7. The highest BCUT2D eigenvalue weighted by atomic mass is 35.5. The van der Waals surface area contributed by atoms with Crippen molar-refractivity contribution >= 4 is 5.78 Å². The molecular weight excluding hydrogens is 174 g/mol. The van der Waals surface area contributed by atoms with Gasteiger partial charge < -0.3 is 12.4 Å². The van der Waals surface area contributed by atoms with E-state index in [1.807, 2.05) is 35.9 Å². The van der Waals surface area contributed by atoms with E-state index in [0.29, 0.717) is 6.54 Å². The van der Waals surface area contributed by atoms with Gasteiger partial charge in [0.25, 0.3) is 0 Å². The third-order valence-electron chi connectivity index (χ3n) is 1.56. The van der Waals surface area contributed by atoms with Crippen LogP contribution in [0.5, 0.6) is 0 Å². The molecule has 0 aliphatic carbocycles. The van der Waals surface area contributed by atoms with Gasteiger partial charge in [-0.05, 0) is 0 Å². The number of aromatic nitrogens is 1. The zero-order valence-electron chi connectivity index (χ0n) is 7.25. The minimum atomic E-state index is 0. The topological polar surface area (TPSA) is 20.9 Å². The predicted molar refractivity (Wildman–Crippen MR) is 42.1 cm³/mol. The number of carbonyl (C=O) groups is 1. The van der Waals surface area contributed by atoms with Crippen LogP contribution in [0, 0.1) is 6.92 Å². The second-order valence-corrected chi connectivity index (χ2v) is 2.67. The van der Waals surface area contributed by atoms with Gasteiger partial charge in [0.2, 0.25) is 6.54 Å². The molecule has 66 valence electrons. The number of hydrogen-bond donors (Lipinski definition) is 0. The lowest BCUT2D eigenvalue weighted by Crippen LogP contribution is -3.00. The lowest BCUT2D eigenvalue weighted by molar-refractivity contribution is -0.690. The molecule has 0 fully saturated rings. The monoisotopic (exact) mass is 185 g/mol. The SMILES string of the molecule is CC(=O)C[n+]1ccccc1C.[Cl-]. The second kappa shape index (κ2) is 4.88. The van der Waals surface area contributed by atoms with Gasteiger partial charge in [-0.2, -0.15) is 4.57 Å². The molecule has 0 aromatic carbocycles. The van der Waals surface area contributed by atoms with Crippen molar-refractivity contribution in [3.8, 4) is 0 Å². The Balaban J connectivity index is 0.00000121. The van der Waals surface area contributed by atoms with Crippen molar-refractivity contribution in [1.82, 2.24) is 0 Å². The van der Waals surface area contributed by atoms with Crippen LogP contribution in [-0.2, 0) is 11.3 Å². The van der Waals surface area contributed by atoms with Crippen LogP contribution in [0.1, 0.15) is 12.6 Å². The Hall–Kier alpha value is -0.890. The third kappa shape index (κ3) is 3.01. The van der Waals surface area contributed by atoms with E-state index in [4.69, 9.17) is 0 Å². The minimum absolute atomic E-state index is 0. The third-order valence-corrected chi connectivity index (χ3v) is 1.56. The van der Waals surface area contributed by atoms with Gasteiger partial charge in [-0.1, -0.05) is 6.07 Å². The summed E-state index contributed by atoms with van der Waals surface area (Å²) in [6, 6.07) is 5.88. The molecule has 0 aliphatic rings. The Morgan fingerprint density at radius 2 is 2.17 bits per heavy atom. The van der Waals surface area contributed by atoms with Crippen molar-refractivity contribution in [1.29, 1.82) is 0 Å². The smallest absolute Gasteiger partial charge is 0.206 e. The largest absolute Gasteiger partial charge is 1.00 e. The molecule has 0 saturated heterocycles. The van der Waals surface area contributed by atoms with E-state index in [1.54, 1.807) is 6.92 Å². The number of aryl methyl sites for hydroxylation is 1. The van der Waals surface area contributed by atoms with Crippen molar-refractivity contribution in [2.45, 2.75) is 20.4 Å². The summed E-state index contributed by atoms with van der Waals surface area (Å²) in [6.07, 6.45) is 1.91. The fourth-order valence-electron chi connectivity index (χ4n) is 0.979. The molecule has 0 unspecified atom stereocenters. The number of pyridine rings is 1. The summed E-state index contributed by atoms with van der Waals surface area (Å²) in [5, 5.41) is 0. The summed E-state index contributed by atoms with van der Waals surface area (Å²) in [6.45, 7) is 4.06. The maximum absolute atomic E-state index is 10.7. The van der Waals surface area contributed by atoms with Crippen LogP contribution in [0.3, 0.4) is 0 Å². The number of nitrogens with zero attached hydrogens (tertiary/aromatic N) is 1. The molecule has 0 saturated carbocycles. The lowest BCUT2D eigenvalue weighted by atomic mass is 10.3. The van der Waals surface area contributed by atoms with Crippen molar-refractivity contribution < 1.29 is 21.8 Å². The summed E-state index contributed by atoms with van der Waals surface area (Å²) in [5.41, 5.74) is 1.11. The van der Waals surface area contributed by atoms with Gasteiger partial charge in [-0.25, -0.2) is 0 Å². The molecule has 0 N–H and O–H groups in total. The van der Waals surface area contributed by atoms with Crippen molar-refractivity contribution in [3.05, 3.63) is 30.1 Å². The van der Waals surface area contributed by atoms with Crippen LogP contribution in [-0.4, -0.2) is 5.78 Å². The van der Waals surface area contributed by atoms with Crippen LogP contribution >= 0.6 is 0 Å². The van der Waals surface area contributed by atoms with E-state index in [9.17, 15) is 4.79 Å². The summed E-state index contributed by atoms with van der Waals surface area (Å²) < 4.78 is 1.93. The Bertz CT molecular complexity index is 273. The first-order valence-electron chi connectivity index (χ1n) is 3.64. The number of carbonyl (C=O) groups excluding carboxylic acids is 1. The summed E-state index contributed by atoms with van der Waals surface area (Å²) in [7, 11) is 0. The fourth-order valence-corrected chi connectivity index (χ4v) is 0.979. The molecule has 2 nitrogen and oxygen atoms in total. The average Bonchev–Trinajstić information content (AvgIpc) is 1.93. The number of halogens is 1. The molecule has 1 aromatic rings. The highest BCUT2D eigenvalue weighted by Crippen LogP contribution is 1.87. The highest BCUT2D eigenvalue weighted by Gasteiger charge is 2.05. The van der Waals surface area contributed by atoms with Gasteiger partial charge in [0.05, 0.1) is 0 Å². The molecule has 1 rings (SSSR count). The van der Waals surface area contributed by atoms with E-state index in [0.717, 1.165) is 5.69 Å². The average molecular weight is 186 g/mol. The molecule has 12 heavy (non-hydrogen) atoms. The maximum atomic E-state index is 10.7. The van der Waals surface area contributed by atoms with E-state index in [2.05, 4.69) is 0 Å². The first-order chi connectivity index (χ1) is 5.20. The van der Waals surface area contributed by atoms with Crippen molar-refractivity contribution in [2.24, 2.45) is 0 Å². The maximum Gasteiger partial charge on any atom is 0.206 e. The van der Waals surface area contributed by atoms with E-state index in [1.165, 1.54) is 0 Å². The summed E-state index contributed by atoms with van der Waals surface area (Å²) >= 11 is 0. The highest BCUT2D eigenvalue weighted by molar-refractivity contribution is 5.73. The first kappa shape index (κ1) is 11.1. The number of Topliss-reactive ketones (excluding diaryl/α,β-unsaturated/α-hetero) is 1. The van der Waals surface area contributed by atoms with Crippen LogP contribution in [0.2, 0.25) is 0 Å². The fraction of sp³-hybridized carbons (Fsp3) is 0.333. The van der Waals surface area contributed by atoms with Crippen LogP contribution in [0.25, 0.3) is 0 Å². The molecule has 1 heterocycles. The van der Waals surface area contributed by atoms with Gasteiger partial charge in [0, 0.05) is 26.0 Å².